The van der Waals surface area contributed by atoms with E-state index >= 15 is 0 Å². The fourth-order valence-corrected chi connectivity index (χ4v) is 1.77. The van der Waals surface area contributed by atoms with E-state index in [1.54, 1.807) is 0 Å². The minimum absolute atomic E-state index is 0.0425. The Labute approximate surface area is 109 Å². The van der Waals surface area contributed by atoms with Crippen LogP contribution in [0.25, 0.3) is 0 Å². The number of aryl methyl sites for hydroxylation is 1. The molecule has 0 aromatic heterocycles. The molecule has 1 rings (SSSR count). The van der Waals surface area contributed by atoms with Gasteiger partial charge in [-0.2, -0.15) is 5.26 Å². The molecule has 1 N–H and O–H groups in total. The number of benzene rings is 1. The largest absolute Gasteiger partial charge is 0.356 e. The predicted octanol–water partition coefficient (Wildman–Crippen LogP) is 2.60. The van der Waals surface area contributed by atoms with Crippen LogP contribution < -0.4 is 5.32 Å². The third-order valence-electron chi connectivity index (χ3n) is 2.76. The summed E-state index contributed by atoms with van der Waals surface area (Å²) in [6, 6.07) is 10.5. The Hall–Kier alpha value is -1.82. The second-order valence-electron chi connectivity index (χ2n) is 4.32. The van der Waals surface area contributed by atoms with E-state index in [1.807, 2.05) is 6.07 Å². The van der Waals surface area contributed by atoms with Gasteiger partial charge < -0.3 is 5.32 Å². The first-order valence-electron chi connectivity index (χ1n) is 6.47. The van der Waals surface area contributed by atoms with E-state index in [0.717, 1.165) is 19.3 Å². The lowest BCUT2D eigenvalue weighted by molar-refractivity contribution is -0.120. The summed E-state index contributed by atoms with van der Waals surface area (Å²) in [5, 5.41) is 11.2. The topological polar surface area (TPSA) is 52.9 Å². The lowest BCUT2D eigenvalue weighted by Gasteiger charge is -2.05. The first kappa shape index (κ1) is 14.2. The van der Waals surface area contributed by atoms with Gasteiger partial charge in [0.1, 0.15) is 0 Å². The summed E-state index contributed by atoms with van der Waals surface area (Å²) in [4.78, 5) is 11.3. The Balaban J connectivity index is 2.27. The maximum absolute atomic E-state index is 11.3. The number of rotatable bonds is 7. The van der Waals surface area contributed by atoms with Crippen LogP contribution >= 0.6 is 0 Å². The number of carbonyl (C=O) groups excluding carboxylic acids is 1. The van der Waals surface area contributed by atoms with Crippen LogP contribution in [-0.2, 0) is 17.6 Å². The number of nitrogens with one attached hydrogen (secondary N) is 1. The number of hydrogen-bond acceptors (Lipinski definition) is 2. The van der Waals surface area contributed by atoms with E-state index in [-0.39, 0.29) is 12.3 Å². The average Bonchev–Trinajstić information content (AvgIpc) is 2.39. The van der Waals surface area contributed by atoms with Crippen molar-refractivity contribution < 1.29 is 4.79 Å². The molecular weight excluding hydrogens is 224 g/mol. The monoisotopic (exact) mass is 244 g/mol. The van der Waals surface area contributed by atoms with Crippen LogP contribution in [0.1, 0.15) is 37.3 Å². The van der Waals surface area contributed by atoms with Gasteiger partial charge in [0.05, 0.1) is 6.07 Å². The molecular formula is C15H20N2O. The molecule has 0 aliphatic rings. The van der Waals surface area contributed by atoms with Gasteiger partial charge in [0.2, 0.25) is 5.91 Å². The lowest BCUT2D eigenvalue weighted by Crippen LogP contribution is -2.25. The maximum Gasteiger partial charge on any atom is 0.221 e. The quantitative estimate of drug-likeness (QED) is 0.801. The molecule has 18 heavy (non-hydrogen) atoms. The van der Waals surface area contributed by atoms with Crippen LogP contribution in [0.2, 0.25) is 0 Å². The zero-order valence-corrected chi connectivity index (χ0v) is 10.9. The normalized spacial score (nSPS) is 9.78. The summed E-state index contributed by atoms with van der Waals surface area (Å²) in [5.74, 6) is -0.0425. The van der Waals surface area contributed by atoms with Crippen molar-refractivity contribution in [3.63, 3.8) is 0 Å². The zero-order valence-electron chi connectivity index (χ0n) is 10.9. The highest BCUT2D eigenvalue weighted by molar-refractivity contribution is 5.76. The Morgan fingerprint density at radius 1 is 1.22 bits per heavy atom. The van der Waals surface area contributed by atoms with E-state index in [9.17, 15) is 4.79 Å². The lowest BCUT2D eigenvalue weighted by atomic mass is 10.1. The highest BCUT2D eigenvalue weighted by Crippen LogP contribution is 2.06. The van der Waals surface area contributed by atoms with Crippen molar-refractivity contribution in [2.24, 2.45) is 0 Å². The summed E-state index contributed by atoms with van der Waals surface area (Å²) in [6.45, 7) is 2.81. The van der Waals surface area contributed by atoms with Gasteiger partial charge in [-0.3, -0.25) is 4.79 Å². The van der Waals surface area contributed by atoms with Gasteiger partial charge in [-0.1, -0.05) is 37.6 Å². The van der Waals surface area contributed by atoms with Crippen molar-refractivity contribution in [2.75, 3.05) is 6.54 Å². The third-order valence-corrected chi connectivity index (χ3v) is 2.76. The molecule has 0 radical (unpaired) electrons. The molecule has 0 spiro atoms. The van der Waals surface area contributed by atoms with Crippen LogP contribution in [0.4, 0.5) is 0 Å². The number of nitrogens with zero attached hydrogens (tertiary/aromatic N) is 1. The van der Waals surface area contributed by atoms with Crippen molar-refractivity contribution in [2.45, 2.75) is 39.0 Å². The minimum atomic E-state index is -0.0425. The Morgan fingerprint density at radius 2 is 1.83 bits per heavy atom. The van der Waals surface area contributed by atoms with Gasteiger partial charge in [-0.05, 0) is 24.0 Å². The van der Waals surface area contributed by atoms with Crippen LogP contribution in [-0.4, -0.2) is 12.5 Å². The van der Waals surface area contributed by atoms with E-state index in [4.69, 9.17) is 5.26 Å². The maximum atomic E-state index is 11.3. The molecule has 0 saturated carbocycles. The highest BCUT2D eigenvalue weighted by atomic mass is 16.1. The smallest absolute Gasteiger partial charge is 0.221 e. The SMILES string of the molecule is CCCc1ccc(CCNC(=O)CCC#N)cc1. The van der Waals surface area contributed by atoms with Gasteiger partial charge in [0, 0.05) is 19.4 Å². The Bertz CT molecular complexity index is 403. The number of amides is 1. The van der Waals surface area contributed by atoms with Crippen LogP contribution in [0, 0.1) is 11.3 Å². The average molecular weight is 244 g/mol. The van der Waals surface area contributed by atoms with Crippen LogP contribution in [0.15, 0.2) is 24.3 Å². The molecule has 0 aliphatic carbocycles. The third kappa shape index (κ3) is 5.49. The molecule has 0 heterocycles. The fraction of sp³-hybridized carbons (Fsp3) is 0.467. The first-order valence-corrected chi connectivity index (χ1v) is 6.47. The molecule has 0 aliphatic heterocycles. The second-order valence-corrected chi connectivity index (χ2v) is 4.32. The number of nitriles is 1. The van der Waals surface area contributed by atoms with Gasteiger partial charge in [-0.15, -0.1) is 0 Å². The first-order chi connectivity index (χ1) is 8.76. The molecule has 0 saturated heterocycles. The molecule has 1 amide bonds. The fourth-order valence-electron chi connectivity index (χ4n) is 1.77. The number of hydrogen-bond donors (Lipinski definition) is 1. The van der Waals surface area contributed by atoms with Gasteiger partial charge in [0.25, 0.3) is 0 Å². The standard InChI is InChI=1S/C15H20N2O/c1-2-4-13-6-8-14(9-7-13)10-12-17-15(18)5-3-11-16/h6-9H,2-5,10,12H2,1H3,(H,17,18). The van der Waals surface area contributed by atoms with E-state index in [1.165, 1.54) is 11.1 Å². The van der Waals surface area contributed by atoms with Gasteiger partial charge >= 0.3 is 0 Å². The molecule has 3 heteroatoms. The molecule has 0 unspecified atom stereocenters. The molecule has 96 valence electrons. The summed E-state index contributed by atoms with van der Waals surface area (Å²) in [6.07, 6.45) is 3.70. The van der Waals surface area contributed by atoms with Gasteiger partial charge in [-0.25, -0.2) is 0 Å². The summed E-state index contributed by atoms with van der Waals surface area (Å²) >= 11 is 0. The summed E-state index contributed by atoms with van der Waals surface area (Å²) < 4.78 is 0. The Kier molecular flexibility index (Phi) is 6.56. The summed E-state index contributed by atoms with van der Waals surface area (Å²) in [5.41, 5.74) is 2.59. The second kappa shape index (κ2) is 8.30. The molecule has 1 aromatic rings. The van der Waals surface area contributed by atoms with Crippen LogP contribution in [0.3, 0.4) is 0 Å². The molecule has 0 fully saturated rings. The zero-order chi connectivity index (χ0) is 13.2. The molecule has 0 atom stereocenters. The van der Waals surface area contributed by atoms with Crippen molar-refractivity contribution >= 4 is 5.91 Å². The van der Waals surface area contributed by atoms with Crippen molar-refractivity contribution in [3.8, 4) is 6.07 Å². The van der Waals surface area contributed by atoms with Gasteiger partial charge in [0.15, 0.2) is 0 Å². The highest BCUT2D eigenvalue weighted by Gasteiger charge is 2.00. The van der Waals surface area contributed by atoms with Crippen molar-refractivity contribution in [1.82, 2.24) is 5.32 Å². The van der Waals surface area contributed by atoms with E-state index in [2.05, 4.69) is 36.5 Å². The number of carbonyl (C=O) groups is 1. The van der Waals surface area contributed by atoms with Crippen molar-refractivity contribution in [3.05, 3.63) is 35.4 Å². The molecule has 1 aromatic carbocycles. The van der Waals surface area contributed by atoms with Crippen molar-refractivity contribution in [1.29, 1.82) is 5.26 Å². The summed E-state index contributed by atoms with van der Waals surface area (Å²) in [7, 11) is 0. The van der Waals surface area contributed by atoms with E-state index < -0.39 is 0 Å². The minimum Gasteiger partial charge on any atom is -0.356 e. The van der Waals surface area contributed by atoms with E-state index in [0.29, 0.717) is 13.0 Å². The molecule has 3 nitrogen and oxygen atoms in total. The Morgan fingerprint density at radius 3 is 2.39 bits per heavy atom. The predicted molar refractivity (Wildman–Crippen MR) is 72.0 cm³/mol. The molecule has 0 bridgehead atoms. The van der Waals surface area contributed by atoms with Crippen LogP contribution in [0.5, 0.6) is 0 Å².